The number of carbonyl (C=O) groups excluding carboxylic acids is 1. The first-order chi connectivity index (χ1) is 10.2. The van der Waals surface area contributed by atoms with Crippen LogP contribution >= 0.6 is 11.3 Å². The Morgan fingerprint density at radius 3 is 2.95 bits per heavy atom. The van der Waals surface area contributed by atoms with Gasteiger partial charge in [0.25, 0.3) is 0 Å². The lowest BCUT2D eigenvalue weighted by Gasteiger charge is -2.11. The number of benzene rings is 1. The Hall–Kier alpha value is -1.92. The van der Waals surface area contributed by atoms with Crippen molar-refractivity contribution < 1.29 is 14.6 Å². The van der Waals surface area contributed by atoms with Gasteiger partial charge in [0.05, 0.1) is 23.7 Å². The summed E-state index contributed by atoms with van der Waals surface area (Å²) in [7, 11) is 0. The van der Waals surface area contributed by atoms with E-state index < -0.39 is 0 Å². The van der Waals surface area contributed by atoms with Gasteiger partial charge in [-0.15, -0.1) is 11.3 Å². The minimum absolute atomic E-state index is 0.0378. The van der Waals surface area contributed by atoms with Crippen LogP contribution in [0.2, 0.25) is 0 Å². The van der Waals surface area contributed by atoms with Crippen LogP contribution in [0.4, 0.5) is 0 Å². The fraction of sp³-hybridized carbons (Fsp3) is 0.333. The molecule has 0 atom stereocenters. The number of ether oxygens (including phenoxy) is 1. The van der Waals surface area contributed by atoms with E-state index in [0.29, 0.717) is 12.3 Å². The Morgan fingerprint density at radius 2 is 2.24 bits per heavy atom. The first-order valence-electron chi connectivity index (χ1n) is 6.68. The summed E-state index contributed by atoms with van der Waals surface area (Å²) in [6.45, 7) is 2.51. The molecule has 1 aromatic heterocycles. The molecule has 1 aromatic carbocycles. The monoisotopic (exact) mass is 306 g/mol. The summed E-state index contributed by atoms with van der Waals surface area (Å²) in [6.07, 6.45) is 0.282. The van der Waals surface area contributed by atoms with E-state index in [2.05, 4.69) is 10.3 Å². The van der Waals surface area contributed by atoms with Crippen molar-refractivity contribution in [3.8, 4) is 5.75 Å². The quantitative estimate of drug-likeness (QED) is 0.816. The molecular weight excluding hydrogens is 288 g/mol. The van der Waals surface area contributed by atoms with Crippen LogP contribution < -0.4 is 10.1 Å². The number of aryl methyl sites for hydroxylation is 1. The molecule has 0 aliphatic rings. The van der Waals surface area contributed by atoms with Gasteiger partial charge in [-0.1, -0.05) is 18.2 Å². The maximum Gasteiger partial charge on any atom is 0.226 e. The van der Waals surface area contributed by atoms with Gasteiger partial charge in [-0.3, -0.25) is 4.79 Å². The third-order valence-corrected chi connectivity index (χ3v) is 3.63. The second-order valence-corrected chi connectivity index (χ2v) is 5.55. The van der Waals surface area contributed by atoms with Crippen molar-refractivity contribution in [3.05, 3.63) is 45.9 Å². The minimum Gasteiger partial charge on any atom is -0.491 e. The van der Waals surface area contributed by atoms with Gasteiger partial charge in [-0.05, 0) is 13.0 Å². The van der Waals surface area contributed by atoms with E-state index in [1.54, 1.807) is 0 Å². The summed E-state index contributed by atoms with van der Waals surface area (Å²) in [6, 6.07) is 7.45. The molecule has 2 rings (SSSR count). The Balaban J connectivity index is 1.88. The van der Waals surface area contributed by atoms with Crippen LogP contribution in [0.1, 0.15) is 16.3 Å². The molecule has 0 radical (unpaired) electrons. The number of nitrogens with zero attached hydrogens (tertiary/aromatic N) is 1. The molecule has 0 bridgehead atoms. The molecular formula is C15H18N2O3S. The molecule has 5 nitrogen and oxygen atoms in total. The summed E-state index contributed by atoms with van der Waals surface area (Å²) >= 11 is 1.54. The average molecular weight is 306 g/mol. The predicted molar refractivity (Wildman–Crippen MR) is 81.4 cm³/mol. The van der Waals surface area contributed by atoms with Gasteiger partial charge in [-0.25, -0.2) is 4.98 Å². The zero-order chi connectivity index (χ0) is 15.1. The number of rotatable bonds is 7. The number of thiazole rings is 1. The summed E-state index contributed by atoms with van der Waals surface area (Å²) in [4.78, 5) is 16.2. The maximum atomic E-state index is 11.9. The fourth-order valence-corrected chi connectivity index (χ4v) is 2.47. The van der Waals surface area contributed by atoms with Gasteiger partial charge in [0.1, 0.15) is 12.4 Å². The van der Waals surface area contributed by atoms with Crippen molar-refractivity contribution in [2.24, 2.45) is 0 Å². The smallest absolute Gasteiger partial charge is 0.226 e. The Bertz CT molecular complexity index is 598. The molecule has 0 saturated carbocycles. The van der Waals surface area contributed by atoms with Crippen molar-refractivity contribution in [2.75, 3.05) is 13.2 Å². The molecule has 112 valence electrons. The Morgan fingerprint density at radius 1 is 1.43 bits per heavy atom. The molecule has 0 aliphatic heterocycles. The molecule has 1 amide bonds. The summed E-state index contributed by atoms with van der Waals surface area (Å²) in [5.41, 5.74) is 1.67. The number of carbonyl (C=O) groups is 1. The summed E-state index contributed by atoms with van der Waals surface area (Å²) in [5.74, 6) is 0.605. The molecule has 2 aromatic rings. The molecule has 0 fully saturated rings. The van der Waals surface area contributed by atoms with Crippen LogP contribution in [0.5, 0.6) is 5.75 Å². The first-order valence-corrected chi connectivity index (χ1v) is 7.56. The van der Waals surface area contributed by atoms with E-state index >= 15 is 0 Å². The molecule has 0 saturated heterocycles. The number of aromatic nitrogens is 1. The number of aliphatic hydroxyl groups is 1. The van der Waals surface area contributed by atoms with Crippen molar-refractivity contribution in [3.63, 3.8) is 0 Å². The average Bonchev–Trinajstić information content (AvgIpc) is 2.89. The van der Waals surface area contributed by atoms with Gasteiger partial charge in [0.2, 0.25) is 5.91 Å². The highest BCUT2D eigenvalue weighted by molar-refractivity contribution is 7.09. The zero-order valence-electron chi connectivity index (χ0n) is 11.8. The van der Waals surface area contributed by atoms with Gasteiger partial charge < -0.3 is 15.2 Å². The van der Waals surface area contributed by atoms with Crippen LogP contribution in [-0.2, 0) is 17.8 Å². The Labute approximate surface area is 127 Å². The largest absolute Gasteiger partial charge is 0.491 e. The highest BCUT2D eigenvalue weighted by Gasteiger charge is 2.08. The molecule has 1 heterocycles. The number of amides is 1. The second kappa shape index (κ2) is 7.75. The minimum atomic E-state index is -0.0720. The number of hydrogen-bond acceptors (Lipinski definition) is 5. The lowest BCUT2D eigenvalue weighted by molar-refractivity contribution is -0.120. The van der Waals surface area contributed by atoms with Crippen molar-refractivity contribution in [1.29, 1.82) is 0 Å². The number of aliphatic hydroxyl groups excluding tert-OH is 1. The van der Waals surface area contributed by atoms with Crippen LogP contribution in [0.3, 0.4) is 0 Å². The lowest BCUT2D eigenvalue weighted by Crippen LogP contribution is -2.25. The van der Waals surface area contributed by atoms with E-state index in [4.69, 9.17) is 9.84 Å². The van der Waals surface area contributed by atoms with Gasteiger partial charge in [-0.2, -0.15) is 0 Å². The van der Waals surface area contributed by atoms with Crippen LogP contribution in [0.15, 0.2) is 29.6 Å². The highest BCUT2D eigenvalue weighted by atomic mass is 32.1. The van der Waals surface area contributed by atoms with Crippen molar-refractivity contribution in [2.45, 2.75) is 19.9 Å². The SMILES string of the molecule is Cc1nc(CC(=O)NCc2ccccc2OCCO)cs1. The summed E-state index contributed by atoms with van der Waals surface area (Å²) < 4.78 is 5.43. The van der Waals surface area contributed by atoms with Crippen molar-refractivity contribution in [1.82, 2.24) is 10.3 Å². The topological polar surface area (TPSA) is 71.5 Å². The third kappa shape index (κ3) is 4.84. The van der Waals surface area contributed by atoms with E-state index in [1.807, 2.05) is 36.6 Å². The zero-order valence-corrected chi connectivity index (χ0v) is 12.7. The first kappa shape index (κ1) is 15.5. The molecule has 2 N–H and O–H groups in total. The molecule has 0 aliphatic carbocycles. The van der Waals surface area contributed by atoms with Crippen LogP contribution in [0, 0.1) is 6.92 Å². The van der Waals surface area contributed by atoms with E-state index in [-0.39, 0.29) is 25.5 Å². The molecule has 21 heavy (non-hydrogen) atoms. The van der Waals surface area contributed by atoms with Crippen molar-refractivity contribution >= 4 is 17.2 Å². The standard InChI is InChI=1S/C15H18N2O3S/c1-11-17-13(10-21-11)8-15(19)16-9-12-4-2-3-5-14(12)20-7-6-18/h2-5,10,18H,6-9H2,1H3,(H,16,19). The van der Waals surface area contributed by atoms with Crippen LogP contribution in [-0.4, -0.2) is 29.2 Å². The maximum absolute atomic E-state index is 11.9. The fourth-order valence-electron chi connectivity index (χ4n) is 1.86. The van der Waals surface area contributed by atoms with Crippen LogP contribution in [0.25, 0.3) is 0 Å². The van der Waals surface area contributed by atoms with E-state index in [9.17, 15) is 4.79 Å². The lowest BCUT2D eigenvalue weighted by atomic mass is 10.2. The highest BCUT2D eigenvalue weighted by Crippen LogP contribution is 2.17. The van der Waals surface area contributed by atoms with E-state index in [1.165, 1.54) is 11.3 Å². The number of nitrogens with one attached hydrogen (secondary N) is 1. The molecule has 0 spiro atoms. The predicted octanol–water partition coefficient (Wildman–Crippen LogP) is 1.68. The number of para-hydroxylation sites is 1. The second-order valence-electron chi connectivity index (χ2n) is 4.49. The van der Waals surface area contributed by atoms with E-state index in [0.717, 1.165) is 16.3 Å². The Kier molecular flexibility index (Phi) is 5.71. The third-order valence-electron chi connectivity index (χ3n) is 2.81. The van der Waals surface area contributed by atoms with Gasteiger partial charge >= 0.3 is 0 Å². The summed E-state index contributed by atoms with van der Waals surface area (Å²) in [5, 5.41) is 14.5. The van der Waals surface area contributed by atoms with Gasteiger partial charge in [0, 0.05) is 17.5 Å². The normalized spacial score (nSPS) is 10.4. The number of hydrogen-bond donors (Lipinski definition) is 2. The van der Waals surface area contributed by atoms with Gasteiger partial charge in [0.15, 0.2) is 0 Å². The molecule has 6 heteroatoms. The molecule has 0 unspecified atom stereocenters.